The van der Waals surface area contributed by atoms with Crippen LogP contribution in [0.1, 0.15) is 27.7 Å². The zero-order valence-corrected chi connectivity index (χ0v) is 8.59. The summed E-state index contributed by atoms with van der Waals surface area (Å²) in [6.07, 6.45) is 0. The van der Waals surface area contributed by atoms with E-state index in [1.807, 2.05) is 27.7 Å². The highest BCUT2D eigenvalue weighted by Gasteiger charge is 2.08. The van der Waals surface area contributed by atoms with Gasteiger partial charge in [-0.3, -0.25) is 0 Å². The number of nitrogens with two attached hydrogens (primary N) is 1. The molecule has 74 valence electrons. The van der Waals surface area contributed by atoms with Crippen molar-refractivity contribution in [3.63, 3.8) is 0 Å². The number of hydrogen-bond acceptors (Lipinski definition) is 3. The van der Waals surface area contributed by atoms with Crippen LogP contribution in [0.15, 0.2) is 0 Å². The Balaban J connectivity index is 3.12. The topological polar surface area (TPSA) is 44.5 Å². The van der Waals surface area contributed by atoms with Crippen LogP contribution in [0, 0.1) is 0 Å². The summed E-state index contributed by atoms with van der Waals surface area (Å²) < 4.78 is 10.7. The lowest BCUT2D eigenvalue weighted by atomic mass is 10.2. The molecule has 0 spiro atoms. The maximum atomic E-state index is 5.49. The number of hydrogen-bond donors (Lipinski definition) is 1. The van der Waals surface area contributed by atoms with Crippen molar-refractivity contribution in [2.24, 2.45) is 5.73 Å². The molecule has 0 rings (SSSR count). The Labute approximate surface area is 75.2 Å². The van der Waals surface area contributed by atoms with Crippen LogP contribution in [0.4, 0.5) is 0 Å². The maximum absolute atomic E-state index is 5.49. The van der Waals surface area contributed by atoms with Crippen molar-refractivity contribution in [1.29, 1.82) is 0 Å². The zero-order chi connectivity index (χ0) is 9.61. The highest BCUT2D eigenvalue weighted by molar-refractivity contribution is 4.58. The predicted octanol–water partition coefficient (Wildman–Crippen LogP) is 1.17. The summed E-state index contributed by atoms with van der Waals surface area (Å²) in [5.74, 6) is 0. The first-order chi connectivity index (χ1) is 5.42. The molecule has 0 bridgehead atoms. The molecule has 0 amide bonds. The van der Waals surface area contributed by atoms with E-state index < -0.39 is 0 Å². The normalized spacial score (nSPS) is 14.8. The van der Waals surface area contributed by atoms with Gasteiger partial charge in [-0.1, -0.05) is 0 Å². The molecule has 0 aliphatic carbocycles. The van der Waals surface area contributed by atoms with Gasteiger partial charge in [0.2, 0.25) is 0 Å². The minimum atomic E-state index is -0.0717. The molecule has 12 heavy (non-hydrogen) atoms. The molecule has 0 aliphatic heterocycles. The Kier molecular flexibility index (Phi) is 5.46. The summed E-state index contributed by atoms with van der Waals surface area (Å²) in [4.78, 5) is 0. The van der Waals surface area contributed by atoms with Crippen LogP contribution in [-0.4, -0.2) is 31.5 Å². The van der Waals surface area contributed by atoms with Crippen LogP contribution in [0.25, 0.3) is 0 Å². The van der Waals surface area contributed by atoms with E-state index in [4.69, 9.17) is 15.2 Å². The Morgan fingerprint density at radius 1 is 1.25 bits per heavy atom. The molecule has 1 atom stereocenters. The Hall–Kier alpha value is -0.120. The maximum Gasteiger partial charge on any atom is 0.0707 e. The van der Waals surface area contributed by atoms with E-state index in [2.05, 4.69) is 0 Å². The van der Waals surface area contributed by atoms with Gasteiger partial charge in [0, 0.05) is 6.04 Å². The molecule has 3 heteroatoms. The lowest BCUT2D eigenvalue weighted by Crippen LogP contribution is -2.25. The van der Waals surface area contributed by atoms with Gasteiger partial charge in [-0.2, -0.15) is 0 Å². The molecule has 0 fully saturated rings. The van der Waals surface area contributed by atoms with E-state index in [0.29, 0.717) is 19.8 Å². The SMILES string of the molecule is C[C@H](N)COCCOC(C)(C)C. The highest BCUT2D eigenvalue weighted by Crippen LogP contribution is 2.05. The third-order valence-corrected chi connectivity index (χ3v) is 1.14. The van der Waals surface area contributed by atoms with Crippen LogP contribution in [0.2, 0.25) is 0 Å². The fourth-order valence-corrected chi connectivity index (χ4v) is 0.676. The van der Waals surface area contributed by atoms with Gasteiger partial charge in [0.25, 0.3) is 0 Å². The molecule has 0 unspecified atom stereocenters. The summed E-state index contributed by atoms with van der Waals surface area (Å²) in [7, 11) is 0. The molecule has 2 N–H and O–H groups in total. The van der Waals surface area contributed by atoms with Gasteiger partial charge in [0.15, 0.2) is 0 Å². The van der Waals surface area contributed by atoms with Crippen molar-refractivity contribution >= 4 is 0 Å². The fraction of sp³-hybridized carbons (Fsp3) is 1.00. The van der Waals surface area contributed by atoms with Crippen molar-refractivity contribution in [3.8, 4) is 0 Å². The Morgan fingerprint density at radius 2 is 1.83 bits per heavy atom. The van der Waals surface area contributed by atoms with Crippen LogP contribution in [0.5, 0.6) is 0 Å². The number of ether oxygens (including phenoxy) is 2. The lowest BCUT2D eigenvalue weighted by molar-refractivity contribution is -0.0358. The van der Waals surface area contributed by atoms with Crippen molar-refractivity contribution < 1.29 is 9.47 Å². The Bertz CT molecular complexity index is 108. The largest absolute Gasteiger partial charge is 0.377 e. The third-order valence-electron chi connectivity index (χ3n) is 1.14. The Morgan fingerprint density at radius 3 is 2.25 bits per heavy atom. The first-order valence-corrected chi connectivity index (χ1v) is 4.39. The quantitative estimate of drug-likeness (QED) is 0.638. The van der Waals surface area contributed by atoms with E-state index >= 15 is 0 Å². The first kappa shape index (κ1) is 11.9. The summed E-state index contributed by atoms with van der Waals surface area (Å²) >= 11 is 0. The first-order valence-electron chi connectivity index (χ1n) is 4.39. The average Bonchev–Trinajstić information content (AvgIpc) is 1.83. The van der Waals surface area contributed by atoms with Gasteiger partial charge >= 0.3 is 0 Å². The average molecular weight is 175 g/mol. The van der Waals surface area contributed by atoms with Gasteiger partial charge in [-0.15, -0.1) is 0 Å². The monoisotopic (exact) mass is 175 g/mol. The molecule has 0 saturated carbocycles. The van der Waals surface area contributed by atoms with Gasteiger partial charge in [-0.25, -0.2) is 0 Å². The van der Waals surface area contributed by atoms with Crippen molar-refractivity contribution in [2.45, 2.75) is 39.3 Å². The fourth-order valence-electron chi connectivity index (χ4n) is 0.676. The molecule has 0 aromatic rings. The lowest BCUT2D eigenvalue weighted by Gasteiger charge is -2.19. The summed E-state index contributed by atoms with van der Waals surface area (Å²) in [5.41, 5.74) is 5.42. The van der Waals surface area contributed by atoms with E-state index in [1.165, 1.54) is 0 Å². The smallest absolute Gasteiger partial charge is 0.0707 e. The molecule has 0 radical (unpaired) electrons. The second-order valence-electron chi connectivity index (χ2n) is 4.01. The summed E-state index contributed by atoms with van der Waals surface area (Å²) in [5, 5.41) is 0. The van der Waals surface area contributed by atoms with Crippen LogP contribution in [0.3, 0.4) is 0 Å². The predicted molar refractivity (Wildman–Crippen MR) is 50.2 cm³/mol. The standard InChI is InChI=1S/C9H21NO2/c1-8(10)7-11-5-6-12-9(2,3)4/h8H,5-7,10H2,1-4H3/t8-/m0/s1. The number of rotatable bonds is 5. The molecule has 0 saturated heterocycles. The van der Waals surface area contributed by atoms with Gasteiger partial charge in [0.05, 0.1) is 25.4 Å². The molecule has 0 aromatic carbocycles. The second kappa shape index (κ2) is 5.51. The van der Waals surface area contributed by atoms with Crippen LogP contribution >= 0.6 is 0 Å². The molecular formula is C9H21NO2. The minimum Gasteiger partial charge on any atom is -0.377 e. The van der Waals surface area contributed by atoms with Crippen LogP contribution in [-0.2, 0) is 9.47 Å². The van der Waals surface area contributed by atoms with E-state index in [1.54, 1.807) is 0 Å². The molecule has 0 aliphatic rings. The van der Waals surface area contributed by atoms with Gasteiger partial charge < -0.3 is 15.2 Å². The highest BCUT2D eigenvalue weighted by atomic mass is 16.5. The summed E-state index contributed by atoms with van der Waals surface area (Å²) in [6.45, 7) is 9.86. The van der Waals surface area contributed by atoms with Crippen molar-refractivity contribution in [1.82, 2.24) is 0 Å². The van der Waals surface area contributed by atoms with Gasteiger partial charge in [-0.05, 0) is 27.7 Å². The van der Waals surface area contributed by atoms with Crippen LogP contribution < -0.4 is 5.73 Å². The summed E-state index contributed by atoms with van der Waals surface area (Å²) in [6, 6.07) is 0.111. The molecule has 3 nitrogen and oxygen atoms in total. The van der Waals surface area contributed by atoms with Crippen molar-refractivity contribution in [3.05, 3.63) is 0 Å². The minimum absolute atomic E-state index is 0.0717. The third kappa shape index (κ3) is 9.88. The molecular weight excluding hydrogens is 154 g/mol. The van der Waals surface area contributed by atoms with E-state index in [-0.39, 0.29) is 11.6 Å². The van der Waals surface area contributed by atoms with E-state index in [9.17, 15) is 0 Å². The van der Waals surface area contributed by atoms with Crippen molar-refractivity contribution in [2.75, 3.05) is 19.8 Å². The second-order valence-corrected chi connectivity index (χ2v) is 4.01. The zero-order valence-electron chi connectivity index (χ0n) is 8.59. The van der Waals surface area contributed by atoms with Gasteiger partial charge in [0.1, 0.15) is 0 Å². The molecule has 0 heterocycles. The molecule has 0 aromatic heterocycles. The van der Waals surface area contributed by atoms with E-state index in [0.717, 1.165) is 0 Å².